The Hall–Kier alpha value is -1.28. The molecule has 0 aromatic carbocycles. The number of hydrogen-bond acceptors (Lipinski definition) is 6. The van der Waals surface area contributed by atoms with Gasteiger partial charge in [-0.2, -0.15) is 0 Å². The number of rotatable bonds is 3. The molecule has 1 aromatic heterocycles. The number of nitrogens with one attached hydrogen (secondary N) is 1. The van der Waals surface area contributed by atoms with Crippen molar-refractivity contribution in [2.75, 3.05) is 31.3 Å². The van der Waals surface area contributed by atoms with Crippen LogP contribution in [0.5, 0.6) is 11.5 Å². The van der Waals surface area contributed by atoms with E-state index in [2.05, 4.69) is 5.32 Å². The molecule has 110 valence electrons. The molecule has 20 heavy (non-hydrogen) atoms. The van der Waals surface area contributed by atoms with Crippen LogP contribution < -0.4 is 14.8 Å². The van der Waals surface area contributed by atoms with Gasteiger partial charge in [-0.05, 0) is 12.3 Å². The van der Waals surface area contributed by atoms with E-state index in [1.165, 1.54) is 11.3 Å². The Morgan fingerprint density at radius 3 is 2.95 bits per heavy atom. The van der Waals surface area contributed by atoms with Crippen molar-refractivity contribution in [1.82, 2.24) is 5.32 Å². The number of hydrogen-bond donors (Lipinski definition) is 1. The lowest BCUT2D eigenvalue weighted by atomic mass is 10.1. The molecule has 6 nitrogen and oxygen atoms in total. The van der Waals surface area contributed by atoms with Gasteiger partial charge in [0.25, 0.3) is 5.91 Å². The highest BCUT2D eigenvalue weighted by Gasteiger charge is 2.29. The quantitative estimate of drug-likeness (QED) is 0.887. The van der Waals surface area contributed by atoms with Crippen molar-refractivity contribution < 1.29 is 22.7 Å². The zero-order valence-electron chi connectivity index (χ0n) is 10.8. The molecular formula is C12H15NO5S2. The maximum absolute atomic E-state index is 12.1. The molecule has 2 aliphatic heterocycles. The van der Waals surface area contributed by atoms with E-state index in [4.69, 9.17) is 9.47 Å². The number of carbonyl (C=O) groups is 1. The number of thiophene rings is 1. The molecule has 1 amide bonds. The maximum Gasteiger partial charge on any atom is 0.265 e. The molecule has 1 saturated heterocycles. The summed E-state index contributed by atoms with van der Waals surface area (Å²) in [4.78, 5) is 12.6. The lowest BCUT2D eigenvalue weighted by Gasteiger charge is -2.16. The minimum Gasteiger partial charge on any atom is -0.485 e. The standard InChI is InChI=1S/C12H15NO5S2/c14-12(13-5-8-1-4-20(15,16)7-8)11-10-9(6-19-11)17-2-3-18-10/h6,8H,1-5,7H2,(H,13,14)/t8-/m0/s1. The van der Waals surface area contributed by atoms with E-state index >= 15 is 0 Å². The Balaban J connectivity index is 1.61. The van der Waals surface area contributed by atoms with Crippen LogP contribution in [-0.2, 0) is 9.84 Å². The third-order valence-corrected chi connectivity index (χ3v) is 6.16. The highest BCUT2D eigenvalue weighted by molar-refractivity contribution is 7.91. The molecule has 8 heteroatoms. The molecule has 0 spiro atoms. The molecule has 2 aliphatic rings. The topological polar surface area (TPSA) is 81.7 Å². The second-order valence-electron chi connectivity index (χ2n) is 4.93. The van der Waals surface area contributed by atoms with Crippen LogP contribution in [0.25, 0.3) is 0 Å². The predicted octanol–water partition coefficient (Wildman–Crippen LogP) is 0.684. The first kappa shape index (κ1) is 13.7. The van der Waals surface area contributed by atoms with Gasteiger partial charge in [-0.15, -0.1) is 11.3 Å². The summed E-state index contributed by atoms with van der Waals surface area (Å²) < 4.78 is 33.6. The molecule has 0 aliphatic carbocycles. The predicted molar refractivity (Wildman–Crippen MR) is 74.4 cm³/mol. The van der Waals surface area contributed by atoms with E-state index in [1.807, 2.05) is 0 Å². The second-order valence-corrected chi connectivity index (χ2v) is 8.04. The van der Waals surface area contributed by atoms with Gasteiger partial charge in [-0.25, -0.2) is 8.42 Å². The number of ether oxygens (including phenoxy) is 2. The van der Waals surface area contributed by atoms with Crippen LogP contribution in [0.2, 0.25) is 0 Å². The lowest BCUT2D eigenvalue weighted by molar-refractivity contribution is 0.0943. The molecule has 1 aromatic rings. The fourth-order valence-corrected chi connectivity index (χ4v) is 5.08. The smallest absolute Gasteiger partial charge is 0.265 e. The van der Waals surface area contributed by atoms with Crippen LogP contribution in [0.1, 0.15) is 16.1 Å². The van der Waals surface area contributed by atoms with Gasteiger partial charge >= 0.3 is 0 Å². The molecular weight excluding hydrogens is 302 g/mol. The van der Waals surface area contributed by atoms with Crippen LogP contribution in [0.4, 0.5) is 0 Å². The van der Waals surface area contributed by atoms with Crippen LogP contribution in [0.3, 0.4) is 0 Å². The Labute approximate surface area is 121 Å². The van der Waals surface area contributed by atoms with Gasteiger partial charge in [0.05, 0.1) is 11.5 Å². The summed E-state index contributed by atoms with van der Waals surface area (Å²) in [7, 11) is -2.90. The molecule has 0 bridgehead atoms. The largest absolute Gasteiger partial charge is 0.485 e. The summed E-state index contributed by atoms with van der Waals surface area (Å²) in [5.74, 6) is 1.27. The molecule has 3 heterocycles. The van der Waals surface area contributed by atoms with E-state index in [0.717, 1.165) is 0 Å². The second kappa shape index (κ2) is 5.25. The minimum atomic E-state index is -2.90. The van der Waals surface area contributed by atoms with E-state index in [9.17, 15) is 13.2 Å². The highest BCUT2D eigenvalue weighted by Crippen LogP contribution is 2.39. The van der Waals surface area contributed by atoms with Gasteiger partial charge in [0.1, 0.15) is 18.1 Å². The zero-order valence-corrected chi connectivity index (χ0v) is 12.4. The Kier molecular flexibility index (Phi) is 3.59. The van der Waals surface area contributed by atoms with Crippen molar-refractivity contribution >= 4 is 27.1 Å². The van der Waals surface area contributed by atoms with Crippen molar-refractivity contribution in [2.24, 2.45) is 5.92 Å². The normalized spacial score (nSPS) is 23.5. The monoisotopic (exact) mass is 317 g/mol. The van der Waals surface area contributed by atoms with Gasteiger partial charge in [0.15, 0.2) is 21.3 Å². The van der Waals surface area contributed by atoms with E-state index in [-0.39, 0.29) is 23.3 Å². The van der Waals surface area contributed by atoms with Gasteiger partial charge in [-0.1, -0.05) is 0 Å². The first-order chi connectivity index (χ1) is 9.55. The van der Waals surface area contributed by atoms with Crippen molar-refractivity contribution in [2.45, 2.75) is 6.42 Å². The van der Waals surface area contributed by atoms with Gasteiger partial charge in [-0.3, -0.25) is 4.79 Å². The third kappa shape index (κ3) is 2.76. The zero-order chi connectivity index (χ0) is 14.2. The Morgan fingerprint density at radius 1 is 1.40 bits per heavy atom. The number of amides is 1. The van der Waals surface area contributed by atoms with Gasteiger partial charge in [0.2, 0.25) is 0 Å². The average molecular weight is 317 g/mol. The van der Waals surface area contributed by atoms with E-state index in [0.29, 0.717) is 42.6 Å². The molecule has 3 rings (SSSR count). The first-order valence-electron chi connectivity index (χ1n) is 6.41. The van der Waals surface area contributed by atoms with Crippen LogP contribution >= 0.6 is 11.3 Å². The fraction of sp³-hybridized carbons (Fsp3) is 0.583. The molecule has 1 N–H and O–H groups in total. The Morgan fingerprint density at radius 2 is 2.20 bits per heavy atom. The molecule has 0 unspecified atom stereocenters. The first-order valence-corrected chi connectivity index (χ1v) is 9.11. The van der Waals surface area contributed by atoms with Gasteiger partial charge < -0.3 is 14.8 Å². The van der Waals surface area contributed by atoms with Crippen molar-refractivity contribution in [1.29, 1.82) is 0 Å². The van der Waals surface area contributed by atoms with Crippen molar-refractivity contribution in [3.05, 3.63) is 10.3 Å². The summed E-state index contributed by atoms with van der Waals surface area (Å²) >= 11 is 1.28. The minimum absolute atomic E-state index is 0.0110. The fourth-order valence-electron chi connectivity index (χ4n) is 2.37. The SMILES string of the molecule is O=C(NC[C@@H]1CCS(=O)(=O)C1)c1scc2c1OCCO2. The lowest BCUT2D eigenvalue weighted by Crippen LogP contribution is -2.30. The highest BCUT2D eigenvalue weighted by atomic mass is 32.2. The number of sulfone groups is 1. The maximum atomic E-state index is 12.1. The van der Waals surface area contributed by atoms with E-state index < -0.39 is 9.84 Å². The van der Waals surface area contributed by atoms with Crippen molar-refractivity contribution in [3.8, 4) is 11.5 Å². The molecule has 0 radical (unpaired) electrons. The van der Waals surface area contributed by atoms with Crippen LogP contribution in [-0.4, -0.2) is 45.6 Å². The summed E-state index contributed by atoms with van der Waals surface area (Å²) in [5, 5.41) is 4.54. The number of carbonyl (C=O) groups excluding carboxylic acids is 1. The molecule has 0 saturated carbocycles. The van der Waals surface area contributed by atoms with Crippen molar-refractivity contribution in [3.63, 3.8) is 0 Å². The van der Waals surface area contributed by atoms with Crippen LogP contribution in [0, 0.1) is 5.92 Å². The van der Waals surface area contributed by atoms with Gasteiger partial charge in [0, 0.05) is 11.9 Å². The summed E-state index contributed by atoms with van der Waals surface area (Å²) in [6.45, 7) is 1.31. The summed E-state index contributed by atoms with van der Waals surface area (Å²) in [6.07, 6.45) is 0.616. The Bertz CT molecular complexity index is 622. The number of fused-ring (bicyclic) bond motifs is 1. The summed E-state index contributed by atoms with van der Waals surface area (Å²) in [6, 6.07) is 0. The summed E-state index contributed by atoms with van der Waals surface area (Å²) in [5.41, 5.74) is 0. The molecule has 1 atom stereocenters. The molecule has 1 fully saturated rings. The average Bonchev–Trinajstić information content (AvgIpc) is 2.99. The third-order valence-electron chi connectivity index (χ3n) is 3.39. The van der Waals surface area contributed by atoms with E-state index in [1.54, 1.807) is 5.38 Å². The van der Waals surface area contributed by atoms with Crippen LogP contribution in [0.15, 0.2) is 5.38 Å².